The predicted octanol–water partition coefficient (Wildman–Crippen LogP) is 6.78. The SMILES string of the molecule is C=C1[C@H](O)CC(=C/C=C2\CCC[C@@]3(C)C2CCC3[C@@H](C)CSc2cccc(C(C)(C)O)c2)C[C@H]1O. The molecular weight excluding hydrogens is 452 g/mol. The highest BCUT2D eigenvalue weighted by Crippen LogP contribution is 2.59. The van der Waals surface area contributed by atoms with Crippen LogP contribution < -0.4 is 0 Å². The summed E-state index contributed by atoms with van der Waals surface area (Å²) >= 11 is 1.92. The van der Waals surface area contributed by atoms with Gasteiger partial charge in [0, 0.05) is 10.6 Å². The smallest absolute Gasteiger partial charge is 0.0840 e. The lowest BCUT2D eigenvalue weighted by molar-refractivity contribution is 0.0784. The highest BCUT2D eigenvalue weighted by molar-refractivity contribution is 7.99. The third-order valence-electron chi connectivity index (χ3n) is 9.08. The number of aliphatic hydroxyl groups excluding tert-OH is 2. The monoisotopic (exact) mass is 496 g/mol. The van der Waals surface area contributed by atoms with Gasteiger partial charge in [-0.2, -0.15) is 0 Å². The molecule has 0 saturated heterocycles. The Hall–Kier alpha value is -1.33. The highest BCUT2D eigenvalue weighted by atomic mass is 32.2. The summed E-state index contributed by atoms with van der Waals surface area (Å²) in [6.45, 7) is 12.5. The van der Waals surface area contributed by atoms with Crippen molar-refractivity contribution in [2.45, 2.75) is 95.3 Å². The molecule has 4 heteroatoms. The zero-order valence-electron chi connectivity index (χ0n) is 22.0. The zero-order chi connectivity index (χ0) is 25.4. The molecule has 0 aromatic heterocycles. The van der Waals surface area contributed by atoms with Crippen LogP contribution in [0.5, 0.6) is 0 Å². The second-order valence-electron chi connectivity index (χ2n) is 12.1. The first-order valence-corrected chi connectivity index (χ1v) is 14.4. The fourth-order valence-electron chi connectivity index (χ4n) is 6.95. The molecule has 192 valence electrons. The quantitative estimate of drug-likeness (QED) is 0.300. The summed E-state index contributed by atoms with van der Waals surface area (Å²) in [6.07, 6.45) is 10.7. The van der Waals surface area contributed by atoms with Gasteiger partial charge in [-0.05, 0) is 105 Å². The van der Waals surface area contributed by atoms with Gasteiger partial charge in [-0.1, -0.05) is 55.9 Å². The molecule has 0 heterocycles. The Morgan fingerprint density at radius 2 is 1.89 bits per heavy atom. The van der Waals surface area contributed by atoms with E-state index in [0.717, 1.165) is 22.8 Å². The van der Waals surface area contributed by atoms with E-state index in [1.165, 1.54) is 37.0 Å². The van der Waals surface area contributed by atoms with Crippen LogP contribution in [0.3, 0.4) is 0 Å². The number of allylic oxidation sites excluding steroid dienone is 3. The van der Waals surface area contributed by atoms with Crippen molar-refractivity contribution in [1.29, 1.82) is 0 Å². The maximum absolute atomic E-state index is 10.4. The predicted molar refractivity (Wildman–Crippen MR) is 146 cm³/mol. The molecule has 6 atom stereocenters. The van der Waals surface area contributed by atoms with Crippen molar-refractivity contribution in [2.75, 3.05) is 5.75 Å². The fourth-order valence-corrected chi connectivity index (χ4v) is 8.02. The summed E-state index contributed by atoms with van der Waals surface area (Å²) in [5.41, 5.74) is 3.76. The maximum Gasteiger partial charge on any atom is 0.0840 e. The van der Waals surface area contributed by atoms with Crippen LogP contribution in [-0.4, -0.2) is 33.3 Å². The second kappa shape index (κ2) is 10.6. The van der Waals surface area contributed by atoms with E-state index in [1.54, 1.807) is 5.57 Å². The van der Waals surface area contributed by atoms with Gasteiger partial charge in [0.1, 0.15) is 0 Å². The number of fused-ring (bicyclic) bond motifs is 1. The van der Waals surface area contributed by atoms with Gasteiger partial charge in [0.25, 0.3) is 0 Å². The van der Waals surface area contributed by atoms with Crippen LogP contribution in [0.4, 0.5) is 0 Å². The van der Waals surface area contributed by atoms with Crippen LogP contribution >= 0.6 is 11.8 Å². The van der Waals surface area contributed by atoms with Crippen LogP contribution in [-0.2, 0) is 5.60 Å². The van der Waals surface area contributed by atoms with Gasteiger partial charge in [-0.25, -0.2) is 0 Å². The molecule has 0 radical (unpaired) electrons. The normalized spacial score (nSPS) is 33.6. The molecular formula is C31H44O3S. The van der Waals surface area contributed by atoms with E-state index in [1.807, 2.05) is 31.7 Å². The number of rotatable bonds is 6. The van der Waals surface area contributed by atoms with Crippen molar-refractivity contribution in [3.05, 3.63) is 65.3 Å². The fraction of sp³-hybridized carbons (Fsp3) is 0.613. The summed E-state index contributed by atoms with van der Waals surface area (Å²) < 4.78 is 0. The molecule has 2 unspecified atom stereocenters. The van der Waals surface area contributed by atoms with E-state index in [-0.39, 0.29) is 0 Å². The lowest BCUT2D eigenvalue weighted by Gasteiger charge is -2.44. The van der Waals surface area contributed by atoms with E-state index in [4.69, 9.17) is 0 Å². The number of hydrogen-bond acceptors (Lipinski definition) is 4. The Kier molecular flexibility index (Phi) is 8.07. The molecule has 3 aliphatic rings. The van der Waals surface area contributed by atoms with E-state index in [9.17, 15) is 15.3 Å². The van der Waals surface area contributed by atoms with Crippen molar-refractivity contribution in [3.8, 4) is 0 Å². The molecule has 1 aromatic rings. The van der Waals surface area contributed by atoms with Gasteiger partial charge in [-0.3, -0.25) is 0 Å². The standard InChI is InChI=1S/C31H44O3S/c1-20(19-35-25-10-6-9-24(18-25)30(3,4)34)26-13-14-27-23(8-7-15-31(26,27)5)12-11-22-16-28(32)21(2)29(33)17-22/h6,9-12,18,20,26-29,32-34H,2,7-8,13-17,19H2,1,3-5H3/b23-12+/t20-,26?,27?,28+,29+,31+/m0/s1. The first kappa shape index (κ1) is 26.7. The molecule has 3 N–H and O–H groups in total. The van der Waals surface area contributed by atoms with Crippen LogP contribution in [0.25, 0.3) is 0 Å². The zero-order valence-corrected chi connectivity index (χ0v) is 22.8. The van der Waals surface area contributed by atoms with E-state index in [2.05, 4.69) is 50.8 Å². The molecule has 0 spiro atoms. The molecule has 3 saturated carbocycles. The van der Waals surface area contributed by atoms with Gasteiger partial charge in [0.15, 0.2) is 0 Å². The number of thioether (sulfide) groups is 1. The first-order chi connectivity index (χ1) is 16.5. The van der Waals surface area contributed by atoms with Crippen LogP contribution in [0.2, 0.25) is 0 Å². The molecule has 3 aliphatic carbocycles. The van der Waals surface area contributed by atoms with Gasteiger partial charge in [0.05, 0.1) is 17.8 Å². The number of benzene rings is 1. The Bertz CT molecular complexity index is 971. The Morgan fingerprint density at radius 1 is 1.17 bits per heavy atom. The second-order valence-corrected chi connectivity index (χ2v) is 13.1. The third-order valence-corrected chi connectivity index (χ3v) is 10.4. The Labute approximate surface area is 216 Å². The molecule has 0 amide bonds. The average molecular weight is 497 g/mol. The Balaban J connectivity index is 1.43. The van der Waals surface area contributed by atoms with E-state index in [0.29, 0.717) is 35.7 Å². The van der Waals surface area contributed by atoms with Gasteiger partial charge < -0.3 is 15.3 Å². The van der Waals surface area contributed by atoms with Gasteiger partial charge in [0.2, 0.25) is 0 Å². The molecule has 0 bridgehead atoms. The largest absolute Gasteiger partial charge is 0.388 e. The highest BCUT2D eigenvalue weighted by Gasteiger charge is 2.50. The minimum Gasteiger partial charge on any atom is -0.388 e. The van der Waals surface area contributed by atoms with Crippen molar-refractivity contribution in [3.63, 3.8) is 0 Å². The minimum atomic E-state index is -0.809. The number of hydrogen-bond donors (Lipinski definition) is 3. The number of aliphatic hydroxyl groups is 3. The topological polar surface area (TPSA) is 60.7 Å². The van der Waals surface area contributed by atoms with Gasteiger partial charge in [-0.15, -0.1) is 11.8 Å². The van der Waals surface area contributed by atoms with Crippen molar-refractivity contribution < 1.29 is 15.3 Å². The molecule has 3 nitrogen and oxygen atoms in total. The molecule has 1 aromatic carbocycles. The maximum atomic E-state index is 10.4. The molecule has 0 aliphatic heterocycles. The molecule has 35 heavy (non-hydrogen) atoms. The third kappa shape index (κ3) is 5.82. The van der Waals surface area contributed by atoms with Gasteiger partial charge >= 0.3 is 0 Å². The summed E-state index contributed by atoms with van der Waals surface area (Å²) in [4.78, 5) is 1.24. The van der Waals surface area contributed by atoms with E-state index < -0.39 is 17.8 Å². The summed E-state index contributed by atoms with van der Waals surface area (Å²) in [5.74, 6) is 3.09. The van der Waals surface area contributed by atoms with Crippen molar-refractivity contribution in [1.82, 2.24) is 0 Å². The minimum absolute atomic E-state index is 0.345. The summed E-state index contributed by atoms with van der Waals surface area (Å²) in [6, 6.07) is 8.36. The first-order valence-electron chi connectivity index (χ1n) is 13.4. The molecule has 4 rings (SSSR count). The summed E-state index contributed by atoms with van der Waals surface area (Å²) in [7, 11) is 0. The van der Waals surface area contributed by atoms with Crippen LogP contribution in [0.15, 0.2) is 64.6 Å². The average Bonchev–Trinajstić information content (AvgIpc) is 3.16. The lowest BCUT2D eigenvalue weighted by atomic mass is 9.61. The Morgan fingerprint density at radius 3 is 2.57 bits per heavy atom. The molecule has 3 fully saturated rings. The van der Waals surface area contributed by atoms with Crippen LogP contribution in [0, 0.1) is 23.2 Å². The lowest BCUT2D eigenvalue weighted by Crippen LogP contribution is -2.36. The van der Waals surface area contributed by atoms with E-state index >= 15 is 0 Å². The van der Waals surface area contributed by atoms with Crippen molar-refractivity contribution >= 4 is 11.8 Å². The van der Waals surface area contributed by atoms with Crippen molar-refractivity contribution in [2.24, 2.45) is 23.2 Å². The summed E-state index contributed by atoms with van der Waals surface area (Å²) in [5, 5.41) is 30.8. The van der Waals surface area contributed by atoms with Crippen LogP contribution in [0.1, 0.15) is 78.2 Å².